The summed E-state index contributed by atoms with van der Waals surface area (Å²) < 4.78 is 3.24. The molecule has 4 nitrogen and oxygen atoms in total. The second kappa shape index (κ2) is 6.98. The topological polar surface area (TPSA) is 40.5 Å². The van der Waals surface area contributed by atoms with E-state index >= 15 is 0 Å². The predicted molar refractivity (Wildman–Crippen MR) is 107 cm³/mol. The summed E-state index contributed by atoms with van der Waals surface area (Å²) >= 11 is 8.57. The minimum atomic E-state index is 0.741. The third-order valence-electron chi connectivity index (χ3n) is 3.26. The summed E-state index contributed by atoms with van der Waals surface area (Å²) in [5, 5.41) is 4.21. The lowest BCUT2D eigenvalue weighted by Crippen LogP contribution is -2.32. The van der Waals surface area contributed by atoms with Crippen molar-refractivity contribution in [1.29, 1.82) is 0 Å². The van der Waals surface area contributed by atoms with Gasteiger partial charge in [-0.25, -0.2) is 4.98 Å². The molecule has 0 aliphatic rings. The van der Waals surface area contributed by atoms with Crippen LogP contribution in [0, 0.1) is 0 Å². The molecule has 0 aliphatic heterocycles. The Morgan fingerprint density at radius 2 is 1.83 bits per heavy atom. The fourth-order valence-electron chi connectivity index (χ4n) is 2.07. The smallest absolute Gasteiger partial charge is 0.204 e. The van der Waals surface area contributed by atoms with Gasteiger partial charge in [0.25, 0.3) is 0 Å². The molecule has 0 radical (unpaired) electrons. The van der Waals surface area contributed by atoms with Gasteiger partial charge in [-0.15, -0.1) is 0 Å². The fourth-order valence-corrected chi connectivity index (χ4v) is 3.82. The van der Waals surface area contributed by atoms with Crippen LogP contribution >= 0.6 is 43.2 Å². The molecule has 0 aliphatic carbocycles. The molecule has 0 saturated carbocycles. The maximum absolute atomic E-state index is 4.67. The standard InChI is InChI=1S/C16H14Br2N4S/c1-19-15(20-12-6-3-10(17)4-7-12)22(2)16-21-13-8-5-11(18)9-14(13)23-16/h3-9H,1-2H3,(H,19,20). The van der Waals surface area contributed by atoms with Crippen molar-refractivity contribution in [2.45, 2.75) is 0 Å². The molecular formula is C16H14Br2N4S. The Hall–Kier alpha value is -1.44. The number of nitrogens with one attached hydrogen (secondary N) is 1. The van der Waals surface area contributed by atoms with E-state index in [1.165, 1.54) is 0 Å². The van der Waals surface area contributed by atoms with Crippen LogP contribution in [0.15, 0.2) is 56.4 Å². The van der Waals surface area contributed by atoms with Gasteiger partial charge < -0.3 is 5.32 Å². The van der Waals surface area contributed by atoms with Crippen LogP contribution in [-0.4, -0.2) is 25.0 Å². The summed E-state index contributed by atoms with van der Waals surface area (Å²) in [5.74, 6) is 0.741. The summed E-state index contributed by atoms with van der Waals surface area (Å²) in [4.78, 5) is 11.0. The summed E-state index contributed by atoms with van der Waals surface area (Å²) in [5.41, 5.74) is 1.96. The van der Waals surface area contributed by atoms with Gasteiger partial charge >= 0.3 is 0 Å². The Morgan fingerprint density at radius 3 is 2.52 bits per heavy atom. The highest BCUT2D eigenvalue weighted by Crippen LogP contribution is 2.30. The summed E-state index contributed by atoms with van der Waals surface area (Å²) in [6.07, 6.45) is 0. The van der Waals surface area contributed by atoms with Crippen LogP contribution < -0.4 is 10.2 Å². The number of anilines is 2. The normalized spacial score (nSPS) is 11.7. The zero-order chi connectivity index (χ0) is 16.4. The molecule has 0 bridgehead atoms. The quantitative estimate of drug-likeness (QED) is 0.419. The largest absolute Gasteiger partial charge is 0.326 e. The Kier molecular flexibility index (Phi) is 4.99. The second-order valence-electron chi connectivity index (χ2n) is 4.85. The van der Waals surface area contributed by atoms with Crippen LogP contribution in [-0.2, 0) is 0 Å². The SMILES string of the molecule is CN=C(Nc1ccc(Br)cc1)N(C)c1nc2ccc(Br)cc2s1. The molecule has 1 heterocycles. The second-order valence-corrected chi connectivity index (χ2v) is 7.69. The number of hydrogen-bond donors (Lipinski definition) is 1. The Morgan fingerprint density at radius 1 is 1.13 bits per heavy atom. The first-order chi connectivity index (χ1) is 11.1. The van der Waals surface area contributed by atoms with Crippen LogP contribution in [0.5, 0.6) is 0 Å². The average molecular weight is 454 g/mol. The number of hydrogen-bond acceptors (Lipinski definition) is 3. The average Bonchev–Trinajstić information content (AvgIpc) is 2.96. The molecule has 3 rings (SSSR count). The molecule has 0 saturated heterocycles. The zero-order valence-corrected chi connectivity index (χ0v) is 16.5. The first-order valence-electron chi connectivity index (χ1n) is 6.86. The molecule has 7 heteroatoms. The highest BCUT2D eigenvalue weighted by molar-refractivity contribution is 9.10. The van der Waals surface area contributed by atoms with Crippen LogP contribution in [0.3, 0.4) is 0 Å². The third-order valence-corrected chi connectivity index (χ3v) is 5.37. The highest BCUT2D eigenvalue weighted by atomic mass is 79.9. The summed E-state index contributed by atoms with van der Waals surface area (Å²) in [6.45, 7) is 0. The Labute approximate surface area is 155 Å². The van der Waals surface area contributed by atoms with Gasteiger partial charge in [0.15, 0.2) is 5.13 Å². The molecule has 0 spiro atoms. The first kappa shape index (κ1) is 16.4. The molecule has 1 N–H and O–H groups in total. The van der Waals surface area contributed by atoms with E-state index in [2.05, 4.69) is 53.2 Å². The molecular weight excluding hydrogens is 440 g/mol. The zero-order valence-electron chi connectivity index (χ0n) is 12.5. The lowest BCUT2D eigenvalue weighted by atomic mass is 10.3. The van der Waals surface area contributed by atoms with Crippen LogP contribution in [0.25, 0.3) is 10.2 Å². The van der Waals surface area contributed by atoms with Gasteiger partial charge in [-0.05, 0) is 42.5 Å². The molecule has 0 fully saturated rings. The number of guanidine groups is 1. The van der Waals surface area contributed by atoms with Crippen molar-refractivity contribution in [1.82, 2.24) is 4.98 Å². The van der Waals surface area contributed by atoms with Gasteiger partial charge in [0.05, 0.1) is 10.2 Å². The van der Waals surface area contributed by atoms with Gasteiger partial charge in [-0.3, -0.25) is 9.89 Å². The van der Waals surface area contributed by atoms with E-state index in [0.29, 0.717) is 0 Å². The van der Waals surface area contributed by atoms with E-state index in [9.17, 15) is 0 Å². The first-order valence-corrected chi connectivity index (χ1v) is 9.26. The molecule has 1 aromatic heterocycles. The lowest BCUT2D eigenvalue weighted by molar-refractivity contribution is 1.19. The summed E-state index contributed by atoms with van der Waals surface area (Å²) in [7, 11) is 3.72. The molecule has 23 heavy (non-hydrogen) atoms. The number of benzene rings is 2. The van der Waals surface area contributed by atoms with Crippen LogP contribution in [0.2, 0.25) is 0 Å². The number of rotatable bonds is 2. The fraction of sp³-hybridized carbons (Fsp3) is 0.125. The van der Waals surface area contributed by atoms with Crippen molar-refractivity contribution in [2.24, 2.45) is 4.99 Å². The maximum atomic E-state index is 4.67. The van der Waals surface area contributed by atoms with Crippen molar-refractivity contribution >= 4 is 70.2 Å². The van der Waals surface area contributed by atoms with Crippen molar-refractivity contribution in [3.05, 3.63) is 51.4 Å². The Balaban J connectivity index is 1.86. The molecule has 2 aromatic carbocycles. The summed E-state index contributed by atoms with van der Waals surface area (Å²) in [6, 6.07) is 14.1. The molecule has 3 aromatic rings. The minimum Gasteiger partial charge on any atom is -0.326 e. The third kappa shape index (κ3) is 3.73. The molecule has 0 amide bonds. The van der Waals surface area contributed by atoms with E-state index in [4.69, 9.17) is 0 Å². The monoisotopic (exact) mass is 452 g/mol. The molecule has 0 atom stereocenters. The van der Waals surface area contributed by atoms with E-state index in [0.717, 1.165) is 35.9 Å². The van der Waals surface area contributed by atoms with Gasteiger partial charge in [-0.1, -0.05) is 43.2 Å². The van der Waals surface area contributed by atoms with E-state index in [1.54, 1.807) is 18.4 Å². The van der Waals surface area contributed by atoms with Gasteiger partial charge in [0.2, 0.25) is 5.96 Å². The van der Waals surface area contributed by atoms with E-state index in [1.807, 2.05) is 48.3 Å². The predicted octanol–water partition coefficient (Wildman–Crippen LogP) is 5.36. The van der Waals surface area contributed by atoms with Crippen LogP contribution in [0.1, 0.15) is 0 Å². The number of aliphatic imine (C=N–C) groups is 1. The highest BCUT2D eigenvalue weighted by Gasteiger charge is 2.14. The number of fused-ring (bicyclic) bond motifs is 1. The molecule has 118 valence electrons. The minimum absolute atomic E-state index is 0.741. The van der Waals surface area contributed by atoms with E-state index < -0.39 is 0 Å². The van der Waals surface area contributed by atoms with Crippen LogP contribution in [0.4, 0.5) is 10.8 Å². The number of halogens is 2. The van der Waals surface area contributed by atoms with Crippen molar-refractivity contribution in [3.8, 4) is 0 Å². The van der Waals surface area contributed by atoms with Crippen molar-refractivity contribution in [2.75, 3.05) is 24.3 Å². The number of aromatic nitrogens is 1. The number of nitrogens with zero attached hydrogens (tertiary/aromatic N) is 3. The Bertz CT molecular complexity index is 858. The molecule has 0 unspecified atom stereocenters. The van der Waals surface area contributed by atoms with Gasteiger partial charge in [-0.2, -0.15) is 0 Å². The van der Waals surface area contributed by atoms with Crippen molar-refractivity contribution in [3.63, 3.8) is 0 Å². The lowest BCUT2D eigenvalue weighted by Gasteiger charge is -2.19. The van der Waals surface area contributed by atoms with Gasteiger partial charge in [0, 0.05) is 28.7 Å². The van der Waals surface area contributed by atoms with Crippen molar-refractivity contribution < 1.29 is 0 Å². The van der Waals surface area contributed by atoms with Gasteiger partial charge in [0.1, 0.15) is 0 Å². The number of thiazole rings is 1. The maximum Gasteiger partial charge on any atom is 0.204 e. The van der Waals surface area contributed by atoms with E-state index in [-0.39, 0.29) is 0 Å².